The Bertz CT molecular complexity index is 584. The van der Waals surface area contributed by atoms with Crippen LogP contribution in [0.3, 0.4) is 0 Å². The zero-order chi connectivity index (χ0) is 15.1. The first-order valence-electron chi connectivity index (χ1n) is 7.16. The summed E-state index contributed by atoms with van der Waals surface area (Å²) in [5, 5.41) is 0. The molecule has 0 saturated carbocycles. The van der Waals surface area contributed by atoms with Crippen LogP contribution in [0.25, 0.3) is 0 Å². The number of nitrogens with two attached hydrogens (primary N) is 1. The van der Waals surface area contributed by atoms with Crippen molar-refractivity contribution in [3.8, 4) is 23.0 Å². The zero-order valence-electron chi connectivity index (χ0n) is 12.5. The van der Waals surface area contributed by atoms with Crippen LogP contribution < -0.4 is 19.9 Å². The molecule has 0 radical (unpaired) electrons. The number of ether oxygens (including phenoxy) is 3. The first-order chi connectivity index (χ1) is 10.2. The number of hydrogen-bond acceptors (Lipinski definition) is 4. The highest BCUT2D eigenvalue weighted by Gasteiger charge is 2.07. The van der Waals surface area contributed by atoms with Crippen LogP contribution in [0.1, 0.15) is 20.3 Å². The molecule has 0 fully saturated rings. The average Bonchev–Trinajstić information content (AvgIpc) is 2.47. The van der Waals surface area contributed by atoms with E-state index < -0.39 is 0 Å². The third kappa shape index (κ3) is 4.31. The van der Waals surface area contributed by atoms with Crippen molar-refractivity contribution in [1.29, 1.82) is 0 Å². The van der Waals surface area contributed by atoms with E-state index in [1.807, 2.05) is 37.3 Å². The molecule has 0 aliphatic rings. The van der Waals surface area contributed by atoms with Gasteiger partial charge in [0, 0.05) is 23.9 Å². The Kier molecular flexibility index (Phi) is 5.32. The van der Waals surface area contributed by atoms with Crippen LogP contribution >= 0.6 is 0 Å². The van der Waals surface area contributed by atoms with Crippen molar-refractivity contribution in [1.82, 2.24) is 0 Å². The molecule has 0 amide bonds. The molecule has 4 nitrogen and oxygen atoms in total. The molecule has 0 aromatic heterocycles. The molecule has 2 N–H and O–H groups in total. The largest absolute Gasteiger partial charge is 0.493 e. The third-order valence-corrected chi connectivity index (χ3v) is 2.75. The van der Waals surface area contributed by atoms with Crippen LogP contribution in [-0.2, 0) is 0 Å². The third-order valence-electron chi connectivity index (χ3n) is 2.75. The Morgan fingerprint density at radius 1 is 0.905 bits per heavy atom. The summed E-state index contributed by atoms with van der Waals surface area (Å²) in [6.45, 7) is 5.23. The first-order valence-corrected chi connectivity index (χ1v) is 7.16. The van der Waals surface area contributed by atoms with Crippen molar-refractivity contribution in [2.24, 2.45) is 0 Å². The van der Waals surface area contributed by atoms with E-state index in [1.54, 1.807) is 12.1 Å². The van der Waals surface area contributed by atoms with Gasteiger partial charge in [0.1, 0.15) is 11.5 Å². The second-order valence-corrected chi connectivity index (χ2v) is 4.57. The highest BCUT2D eigenvalue weighted by molar-refractivity contribution is 5.52. The van der Waals surface area contributed by atoms with E-state index >= 15 is 0 Å². The summed E-state index contributed by atoms with van der Waals surface area (Å²) in [6, 6.07) is 12.9. The van der Waals surface area contributed by atoms with Crippen LogP contribution in [0, 0.1) is 0 Å². The van der Waals surface area contributed by atoms with Gasteiger partial charge in [-0.3, -0.25) is 0 Å². The molecule has 21 heavy (non-hydrogen) atoms. The van der Waals surface area contributed by atoms with Crippen molar-refractivity contribution in [3.63, 3.8) is 0 Å². The van der Waals surface area contributed by atoms with E-state index in [-0.39, 0.29) is 0 Å². The van der Waals surface area contributed by atoms with Crippen LogP contribution in [-0.4, -0.2) is 13.2 Å². The van der Waals surface area contributed by atoms with Gasteiger partial charge in [-0.25, -0.2) is 0 Å². The molecule has 0 aliphatic carbocycles. The van der Waals surface area contributed by atoms with Crippen LogP contribution in [0.5, 0.6) is 23.0 Å². The van der Waals surface area contributed by atoms with Crippen molar-refractivity contribution < 1.29 is 14.2 Å². The van der Waals surface area contributed by atoms with Gasteiger partial charge < -0.3 is 19.9 Å². The Morgan fingerprint density at radius 3 is 2.33 bits per heavy atom. The normalized spacial score (nSPS) is 10.2. The summed E-state index contributed by atoms with van der Waals surface area (Å²) in [5.74, 6) is 2.71. The van der Waals surface area contributed by atoms with E-state index in [9.17, 15) is 0 Å². The van der Waals surface area contributed by atoms with Crippen molar-refractivity contribution in [3.05, 3.63) is 42.5 Å². The average molecular weight is 287 g/mol. The molecule has 0 unspecified atom stereocenters. The first kappa shape index (κ1) is 15.0. The lowest BCUT2D eigenvalue weighted by molar-refractivity contribution is 0.312. The minimum Gasteiger partial charge on any atom is -0.493 e. The fourth-order valence-electron chi connectivity index (χ4n) is 1.89. The minimum absolute atomic E-state index is 0.585. The van der Waals surface area contributed by atoms with Crippen molar-refractivity contribution >= 4 is 5.69 Å². The summed E-state index contributed by atoms with van der Waals surface area (Å²) in [4.78, 5) is 0. The predicted molar refractivity (Wildman–Crippen MR) is 84.3 cm³/mol. The molecule has 0 bridgehead atoms. The molecule has 2 aromatic rings. The minimum atomic E-state index is 0.585. The van der Waals surface area contributed by atoms with Gasteiger partial charge in [0.05, 0.1) is 13.2 Å². The lowest BCUT2D eigenvalue weighted by Crippen LogP contribution is -1.98. The van der Waals surface area contributed by atoms with Gasteiger partial charge in [0.25, 0.3) is 0 Å². The van der Waals surface area contributed by atoms with Gasteiger partial charge in [-0.05, 0) is 25.5 Å². The van der Waals surface area contributed by atoms with Gasteiger partial charge in [-0.1, -0.05) is 19.1 Å². The number of rotatable bonds is 7. The second-order valence-electron chi connectivity index (χ2n) is 4.57. The number of anilines is 1. The van der Waals surface area contributed by atoms with Crippen molar-refractivity contribution in [2.45, 2.75) is 20.3 Å². The Labute approximate surface area is 125 Å². The van der Waals surface area contributed by atoms with Crippen LogP contribution in [0.15, 0.2) is 42.5 Å². The quantitative estimate of drug-likeness (QED) is 0.773. The summed E-state index contributed by atoms with van der Waals surface area (Å²) in [6.07, 6.45) is 0.943. The van der Waals surface area contributed by atoms with Gasteiger partial charge in [-0.2, -0.15) is 0 Å². The Hall–Kier alpha value is -2.36. The van der Waals surface area contributed by atoms with Crippen LogP contribution in [0.2, 0.25) is 0 Å². The van der Waals surface area contributed by atoms with Gasteiger partial charge in [-0.15, -0.1) is 0 Å². The Balaban J connectivity index is 2.21. The van der Waals surface area contributed by atoms with E-state index in [2.05, 4.69) is 6.92 Å². The summed E-state index contributed by atoms with van der Waals surface area (Å²) < 4.78 is 17.0. The maximum atomic E-state index is 5.89. The number of hydrogen-bond donors (Lipinski definition) is 1. The smallest absolute Gasteiger partial charge is 0.169 e. The molecular weight excluding hydrogens is 266 g/mol. The highest BCUT2D eigenvalue weighted by Crippen LogP contribution is 2.34. The predicted octanol–water partition coefficient (Wildman–Crippen LogP) is 4.25. The van der Waals surface area contributed by atoms with Crippen LogP contribution in [0.4, 0.5) is 5.69 Å². The fourth-order valence-corrected chi connectivity index (χ4v) is 1.89. The number of para-hydroxylation sites is 2. The van der Waals surface area contributed by atoms with E-state index in [0.29, 0.717) is 41.9 Å². The Morgan fingerprint density at radius 2 is 1.62 bits per heavy atom. The number of benzene rings is 2. The van der Waals surface area contributed by atoms with Gasteiger partial charge in [0.2, 0.25) is 0 Å². The SMILES string of the molecule is CCCOc1cc(N)cc(Oc2ccccc2OCC)c1. The lowest BCUT2D eigenvalue weighted by Gasteiger charge is -2.13. The molecule has 0 aliphatic heterocycles. The monoisotopic (exact) mass is 287 g/mol. The molecule has 0 saturated heterocycles. The molecule has 0 spiro atoms. The molecule has 4 heteroatoms. The molecule has 2 aromatic carbocycles. The fraction of sp³-hybridized carbons (Fsp3) is 0.294. The standard InChI is InChI=1S/C17H21NO3/c1-3-9-20-14-10-13(18)11-15(12-14)21-17-8-6-5-7-16(17)19-4-2/h5-8,10-12H,3-4,9,18H2,1-2H3. The number of nitrogen functional groups attached to an aromatic ring is 1. The highest BCUT2D eigenvalue weighted by atomic mass is 16.5. The van der Waals surface area contributed by atoms with Gasteiger partial charge in [0.15, 0.2) is 11.5 Å². The molecule has 0 atom stereocenters. The van der Waals surface area contributed by atoms with E-state index in [4.69, 9.17) is 19.9 Å². The summed E-state index contributed by atoms with van der Waals surface area (Å²) in [5.41, 5.74) is 6.49. The van der Waals surface area contributed by atoms with E-state index in [1.165, 1.54) is 0 Å². The molecular formula is C17H21NO3. The molecule has 0 heterocycles. The maximum Gasteiger partial charge on any atom is 0.169 e. The molecule has 112 valence electrons. The zero-order valence-corrected chi connectivity index (χ0v) is 12.5. The second kappa shape index (κ2) is 7.43. The topological polar surface area (TPSA) is 53.7 Å². The maximum absolute atomic E-state index is 5.89. The summed E-state index contributed by atoms with van der Waals surface area (Å²) in [7, 11) is 0. The van der Waals surface area contributed by atoms with Crippen molar-refractivity contribution in [2.75, 3.05) is 18.9 Å². The lowest BCUT2D eigenvalue weighted by atomic mass is 10.2. The summed E-state index contributed by atoms with van der Waals surface area (Å²) >= 11 is 0. The van der Waals surface area contributed by atoms with E-state index in [0.717, 1.165) is 6.42 Å². The molecule has 2 rings (SSSR count). The van der Waals surface area contributed by atoms with Gasteiger partial charge >= 0.3 is 0 Å².